The number of pyridine rings is 1. The van der Waals surface area contributed by atoms with Crippen LogP contribution in [0.5, 0.6) is 0 Å². The molecule has 5 nitrogen and oxygen atoms in total. The molecule has 24 heavy (non-hydrogen) atoms. The van der Waals surface area contributed by atoms with Crippen LogP contribution in [0.3, 0.4) is 0 Å². The van der Waals surface area contributed by atoms with Gasteiger partial charge >= 0.3 is 0 Å². The third-order valence-corrected chi connectivity index (χ3v) is 5.72. The van der Waals surface area contributed by atoms with Crippen LogP contribution in [0.15, 0.2) is 63.5 Å². The quantitative estimate of drug-likeness (QED) is 0.675. The van der Waals surface area contributed by atoms with Crippen molar-refractivity contribution in [3.05, 3.63) is 59.9 Å². The van der Waals surface area contributed by atoms with E-state index in [1.165, 1.54) is 16.9 Å². The van der Waals surface area contributed by atoms with Gasteiger partial charge < -0.3 is 5.32 Å². The van der Waals surface area contributed by atoms with Crippen LogP contribution >= 0.6 is 34.9 Å². The van der Waals surface area contributed by atoms with Crippen molar-refractivity contribution in [2.24, 2.45) is 0 Å². The Balaban J connectivity index is 1.44. The van der Waals surface area contributed by atoms with Crippen molar-refractivity contribution < 1.29 is 4.79 Å². The van der Waals surface area contributed by atoms with E-state index in [1.807, 2.05) is 36.4 Å². The Morgan fingerprint density at radius 1 is 1.12 bits per heavy atom. The van der Waals surface area contributed by atoms with Gasteiger partial charge in [0.05, 0.1) is 5.75 Å². The summed E-state index contributed by atoms with van der Waals surface area (Å²) in [6, 6.07) is 11.6. The summed E-state index contributed by atoms with van der Waals surface area (Å²) in [4.78, 5) is 17.0. The van der Waals surface area contributed by atoms with Gasteiger partial charge in [-0.05, 0) is 42.0 Å². The molecule has 0 saturated heterocycles. The van der Waals surface area contributed by atoms with E-state index in [9.17, 15) is 4.79 Å². The number of nitrogens with zero attached hydrogens (tertiary/aromatic N) is 3. The maximum atomic E-state index is 12.0. The Morgan fingerprint density at radius 2 is 1.92 bits per heavy atom. The molecular formula is C16H14N4OS3. The molecule has 122 valence electrons. The molecule has 0 aliphatic carbocycles. The van der Waals surface area contributed by atoms with E-state index in [1.54, 1.807) is 41.4 Å². The standard InChI is InChI=1S/C16H14N4OS3/c21-15(10-22-9-12-5-7-17-8-6-12)19-13-1-3-14(4-2-13)24-16-20-18-11-23-16/h1-8,11H,9-10H2,(H,19,21). The molecule has 2 heterocycles. The Morgan fingerprint density at radius 3 is 2.62 bits per heavy atom. The van der Waals surface area contributed by atoms with Crippen molar-refractivity contribution >= 4 is 46.5 Å². The first-order valence-electron chi connectivity index (χ1n) is 7.10. The van der Waals surface area contributed by atoms with E-state index in [4.69, 9.17) is 0 Å². The average Bonchev–Trinajstić information content (AvgIpc) is 3.11. The Labute approximate surface area is 152 Å². The zero-order chi connectivity index (χ0) is 16.6. The van der Waals surface area contributed by atoms with E-state index in [0.717, 1.165) is 20.7 Å². The van der Waals surface area contributed by atoms with E-state index in [-0.39, 0.29) is 5.91 Å². The first-order chi connectivity index (χ1) is 11.8. The van der Waals surface area contributed by atoms with E-state index < -0.39 is 0 Å². The normalized spacial score (nSPS) is 10.5. The van der Waals surface area contributed by atoms with Crippen molar-refractivity contribution in [3.63, 3.8) is 0 Å². The summed E-state index contributed by atoms with van der Waals surface area (Å²) in [5, 5.41) is 10.7. The number of anilines is 1. The number of carbonyl (C=O) groups is 1. The second kappa shape index (κ2) is 8.81. The molecule has 0 bridgehead atoms. The minimum absolute atomic E-state index is 0.00131. The molecule has 1 aromatic carbocycles. The highest BCUT2D eigenvalue weighted by Crippen LogP contribution is 2.29. The second-order valence-electron chi connectivity index (χ2n) is 4.73. The highest BCUT2D eigenvalue weighted by atomic mass is 32.2. The van der Waals surface area contributed by atoms with Gasteiger partial charge in [0.25, 0.3) is 0 Å². The number of aromatic nitrogens is 3. The van der Waals surface area contributed by atoms with Crippen LogP contribution in [0.1, 0.15) is 5.56 Å². The molecule has 2 aromatic heterocycles. The number of rotatable bonds is 7. The van der Waals surface area contributed by atoms with E-state index in [2.05, 4.69) is 20.5 Å². The molecule has 0 radical (unpaired) electrons. The smallest absolute Gasteiger partial charge is 0.234 e. The highest BCUT2D eigenvalue weighted by molar-refractivity contribution is 8.01. The minimum Gasteiger partial charge on any atom is -0.325 e. The molecule has 1 amide bonds. The maximum Gasteiger partial charge on any atom is 0.234 e. The average molecular weight is 375 g/mol. The second-order valence-corrected chi connectivity index (χ2v) is 7.87. The molecule has 0 aliphatic rings. The lowest BCUT2D eigenvalue weighted by Crippen LogP contribution is -2.14. The third-order valence-electron chi connectivity index (χ3n) is 2.93. The van der Waals surface area contributed by atoms with Crippen LogP contribution in [-0.4, -0.2) is 26.8 Å². The largest absolute Gasteiger partial charge is 0.325 e. The number of hydrogen-bond donors (Lipinski definition) is 1. The van der Waals surface area contributed by atoms with Crippen molar-refractivity contribution in [3.8, 4) is 0 Å². The fourth-order valence-electron chi connectivity index (χ4n) is 1.85. The van der Waals surface area contributed by atoms with Crippen molar-refractivity contribution in [1.82, 2.24) is 15.2 Å². The Bertz CT molecular complexity index is 764. The number of thioether (sulfide) groups is 1. The van der Waals surface area contributed by atoms with Gasteiger partial charge in [0.2, 0.25) is 5.91 Å². The van der Waals surface area contributed by atoms with Crippen LogP contribution in [0.4, 0.5) is 5.69 Å². The summed E-state index contributed by atoms with van der Waals surface area (Å²) >= 11 is 4.64. The van der Waals surface area contributed by atoms with E-state index in [0.29, 0.717) is 5.75 Å². The molecule has 0 spiro atoms. The van der Waals surface area contributed by atoms with Crippen LogP contribution in [-0.2, 0) is 10.5 Å². The Hall–Kier alpha value is -1.90. The molecule has 8 heteroatoms. The summed E-state index contributed by atoms with van der Waals surface area (Å²) in [5.74, 6) is 1.22. The van der Waals surface area contributed by atoms with E-state index >= 15 is 0 Å². The van der Waals surface area contributed by atoms with Gasteiger partial charge in [0.1, 0.15) is 5.51 Å². The zero-order valence-electron chi connectivity index (χ0n) is 12.6. The lowest BCUT2D eigenvalue weighted by atomic mass is 10.3. The third kappa shape index (κ3) is 5.33. The van der Waals surface area contributed by atoms with Gasteiger partial charge in [-0.3, -0.25) is 9.78 Å². The highest BCUT2D eigenvalue weighted by Gasteiger charge is 2.05. The molecule has 3 aromatic rings. The van der Waals surface area contributed by atoms with Gasteiger partial charge in [0.15, 0.2) is 4.34 Å². The van der Waals surface area contributed by atoms with Crippen LogP contribution in [0.25, 0.3) is 0 Å². The van der Waals surface area contributed by atoms with Gasteiger partial charge in [0, 0.05) is 28.7 Å². The van der Waals surface area contributed by atoms with Crippen LogP contribution in [0, 0.1) is 0 Å². The fourth-order valence-corrected chi connectivity index (χ4v) is 4.09. The molecule has 1 N–H and O–H groups in total. The van der Waals surface area contributed by atoms with Crippen molar-refractivity contribution in [2.45, 2.75) is 15.0 Å². The summed E-state index contributed by atoms with van der Waals surface area (Å²) in [6.07, 6.45) is 3.52. The first-order valence-corrected chi connectivity index (χ1v) is 9.95. The van der Waals surface area contributed by atoms with Gasteiger partial charge in [-0.2, -0.15) is 0 Å². The molecule has 0 unspecified atom stereocenters. The van der Waals surface area contributed by atoms with Gasteiger partial charge in [-0.15, -0.1) is 22.0 Å². The number of benzene rings is 1. The lowest BCUT2D eigenvalue weighted by molar-refractivity contribution is -0.113. The summed E-state index contributed by atoms with van der Waals surface area (Å²) in [7, 11) is 0. The lowest BCUT2D eigenvalue weighted by Gasteiger charge is -2.06. The fraction of sp³-hybridized carbons (Fsp3) is 0.125. The summed E-state index contributed by atoms with van der Waals surface area (Å²) in [5.41, 5.74) is 3.67. The SMILES string of the molecule is O=C(CSCc1ccncc1)Nc1ccc(Sc2nncs2)cc1. The number of hydrogen-bond acceptors (Lipinski definition) is 7. The van der Waals surface area contributed by atoms with Crippen molar-refractivity contribution in [2.75, 3.05) is 11.1 Å². The predicted octanol–water partition coefficient (Wildman–Crippen LogP) is 3.96. The number of nitrogens with one attached hydrogen (secondary N) is 1. The predicted molar refractivity (Wildman–Crippen MR) is 99.5 cm³/mol. The zero-order valence-corrected chi connectivity index (χ0v) is 15.0. The molecule has 0 atom stereocenters. The molecule has 0 aliphatic heterocycles. The van der Waals surface area contributed by atoms with Crippen LogP contribution in [0.2, 0.25) is 0 Å². The van der Waals surface area contributed by atoms with Gasteiger partial charge in [-0.1, -0.05) is 23.1 Å². The number of carbonyl (C=O) groups excluding carboxylic acids is 1. The summed E-state index contributed by atoms with van der Waals surface area (Å²) < 4.78 is 0.902. The minimum atomic E-state index is -0.00131. The number of amides is 1. The Kier molecular flexibility index (Phi) is 6.22. The van der Waals surface area contributed by atoms with Crippen LogP contribution < -0.4 is 5.32 Å². The molecule has 0 saturated carbocycles. The topological polar surface area (TPSA) is 67.8 Å². The maximum absolute atomic E-state index is 12.0. The molecule has 3 rings (SSSR count). The monoisotopic (exact) mass is 374 g/mol. The molecular weight excluding hydrogens is 360 g/mol. The summed E-state index contributed by atoms with van der Waals surface area (Å²) in [6.45, 7) is 0. The first kappa shape index (κ1) is 16.9. The molecule has 0 fully saturated rings. The van der Waals surface area contributed by atoms with Gasteiger partial charge in [-0.25, -0.2) is 0 Å². The van der Waals surface area contributed by atoms with Crippen molar-refractivity contribution in [1.29, 1.82) is 0 Å².